The van der Waals surface area contributed by atoms with Crippen LogP contribution in [0.3, 0.4) is 0 Å². The Morgan fingerprint density at radius 2 is 1.86 bits per heavy atom. The van der Waals surface area contributed by atoms with Crippen molar-refractivity contribution in [3.05, 3.63) is 94.4 Å². The maximum Gasteiger partial charge on any atom is 0.337 e. The van der Waals surface area contributed by atoms with Gasteiger partial charge in [-0.2, -0.15) is 5.10 Å². The minimum atomic E-state index is -0.429. The quantitative estimate of drug-likeness (QED) is 0.515. The van der Waals surface area contributed by atoms with E-state index in [1.807, 2.05) is 42.5 Å². The molecule has 2 aromatic heterocycles. The van der Waals surface area contributed by atoms with E-state index in [-0.39, 0.29) is 5.56 Å². The van der Waals surface area contributed by atoms with Crippen LogP contribution in [-0.4, -0.2) is 27.8 Å². The number of hydrogen-bond acceptors (Lipinski definition) is 5. The molecule has 0 saturated carbocycles. The van der Waals surface area contributed by atoms with Gasteiger partial charge in [-0.3, -0.25) is 9.78 Å². The molecule has 4 rings (SSSR count). The molecular weight excluding hydrogens is 354 g/mol. The molecule has 0 aliphatic heterocycles. The number of methoxy groups -OCH3 is 1. The second-order valence-corrected chi connectivity index (χ2v) is 6.27. The maximum absolute atomic E-state index is 12.9. The van der Waals surface area contributed by atoms with E-state index in [9.17, 15) is 9.59 Å². The summed E-state index contributed by atoms with van der Waals surface area (Å²) in [7, 11) is 1.34. The molecule has 0 bridgehead atoms. The highest BCUT2D eigenvalue weighted by Gasteiger charge is 2.15. The normalized spacial score (nSPS) is 10.8. The summed E-state index contributed by atoms with van der Waals surface area (Å²) in [6, 6.07) is 20.2. The number of pyridine rings is 1. The largest absolute Gasteiger partial charge is 0.465 e. The first-order chi connectivity index (χ1) is 13.7. The summed E-state index contributed by atoms with van der Waals surface area (Å²) in [5.74, 6) is -0.429. The Balaban J connectivity index is 1.92. The number of carbonyl (C=O) groups excluding carboxylic acids is 1. The van der Waals surface area contributed by atoms with Gasteiger partial charge in [0.15, 0.2) is 0 Å². The second kappa shape index (κ2) is 7.44. The van der Waals surface area contributed by atoms with Crippen LogP contribution in [0.5, 0.6) is 0 Å². The number of benzene rings is 2. The summed E-state index contributed by atoms with van der Waals surface area (Å²) >= 11 is 0. The van der Waals surface area contributed by atoms with Gasteiger partial charge in [0.05, 0.1) is 19.2 Å². The lowest BCUT2D eigenvalue weighted by molar-refractivity contribution is 0.0601. The first kappa shape index (κ1) is 17.6. The molecule has 6 nitrogen and oxygen atoms in total. The lowest BCUT2D eigenvalue weighted by Crippen LogP contribution is -2.25. The van der Waals surface area contributed by atoms with Crippen molar-refractivity contribution in [2.24, 2.45) is 0 Å². The fourth-order valence-electron chi connectivity index (χ4n) is 3.10. The third-order valence-electron chi connectivity index (χ3n) is 4.45. The molecule has 0 amide bonds. The van der Waals surface area contributed by atoms with Crippen LogP contribution < -0.4 is 5.56 Å². The van der Waals surface area contributed by atoms with Crippen LogP contribution in [0, 0.1) is 0 Å². The van der Waals surface area contributed by atoms with Crippen molar-refractivity contribution in [3.8, 4) is 11.3 Å². The SMILES string of the molecule is COC(=O)c1cccc(-c2nn(Cc3ccccc3)c(=O)c3ncccc23)c1. The monoisotopic (exact) mass is 371 g/mol. The average Bonchev–Trinajstić information content (AvgIpc) is 2.76. The van der Waals surface area contributed by atoms with Gasteiger partial charge >= 0.3 is 5.97 Å². The van der Waals surface area contributed by atoms with E-state index in [0.717, 1.165) is 5.56 Å². The van der Waals surface area contributed by atoms with E-state index < -0.39 is 5.97 Å². The first-order valence-electron chi connectivity index (χ1n) is 8.76. The van der Waals surface area contributed by atoms with Gasteiger partial charge < -0.3 is 4.74 Å². The summed E-state index contributed by atoms with van der Waals surface area (Å²) in [5, 5.41) is 5.24. The molecule has 0 radical (unpaired) electrons. The molecule has 2 aromatic carbocycles. The molecule has 6 heteroatoms. The summed E-state index contributed by atoms with van der Waals surface area (Å²) in [6.45, 7) is 0.329. The fourth-order valence-corrected chi connectivity index (χ4v) is 3.10. The molecule has 138 valence electrons. The minimum absolute atomic E-state index is 0.257. The summed E-state index contributed by atoms with van der Waals surface area (Å²) in [5.41, 5.74) is 2.76. The van der Waals surface area contributed by atoms with Crippen molar-refractivity contribution in [2.75, 3.05) is 7.11 Å². The van der Waals surface area contributed by atoms with Crippen LogP contribution in [0.1, 0.15) is 15.9 Å². The molecule has 0 spiro atoms. The molecule has 4 aromatic rings. The van der Waals surface area contributed by atoms with Crippen molar-refractivity contribution in [3.63, 3.8) is 0 Å². The van der Waals surface area contributed by atoms with Crippen molar-refractivity contribution >= 4 is 16.9 Å². The Labute approximate surface area is 161 Å². The van der Waals surface area contributed by atoms with E-state index in [1.165, 1.54) is 11.8 Å². The first-order valence-corrected chi connectivity index (χ1v) is 8.76. The Hall–Kier alpha value is -3.80. The topological polar surface area (TPSA) is 74.1 Å². The average molecular weight is 371 g/mol. The number of esters is 1. The number of rotatable bonds is 4. The van der Waals surface area contributed by atoms with Gasteiger partial charge in [-0.1, -0.05) is 42.5 Å². The Morgan fingerprint density at radius 1 is 1.04 bits per heavy atom. The lowest BCUT2D eigenvalue weighted by Gasteiger charge is -2.11. The van der Waals surface area contributed by atoms with Crippen LogP contribution >= 0.6 is 0 Å². The smallest absolute Gasteiger partial charge is 0.337 e. The highest BCUT2D eigenvalue weighted by Crippen LogP contribution is 2.25. The molecule has 0 N–H and O–H groups in total. The number of fused-ring (bicyclic) bond motifs is 1. The Kier molecular flexibility index (Phi) is 4.68. The lowest BCUT2D eigenvalue weighted by atomic mass is 10.0. The van der Waals surface area contributed by atoms with E-state index in [1.54, 1.807) is 30.5 Å². The van der Waals surface area contributed by atoms with Crippen LogP contribution in [0.25, 0.3) is 22.2 Å². The molecule has 28 heavy (non-hydrogen) atoms. The summed E-state index contributed by atoms with van der Waals surface area (Å²) < 4.78 is 6.22. The minimum Gasteiger partial charge on any atom is -0.465 e. The van der Waals surface area contributed by atoms with E-state index in [4.69, 9.17) is 4.74 Å². The van der Waals surface area contributed by atoms with Gasteiger partial charge in [-0.25, -0.2) is 9.48 Å². The fraction of sp³-hybridized carbons (Fsp3) is 0.0909. The van der Waals surface area contributed by atoms with Gasteiger partial charge in [0, 0.05) is 17.1 Å². The van der Waals surface area contributed by atoms with Crippen molar-refractivity contribution < 1.29 is 9.53 Å². The number of ether oxygens (including phenoxy) is 1. The number of nitrogens with zero attached hydrogens (tertiary/aromatic N) is 3. The Bertz CT molecular complexity index is 1220. The van der Waals surface area contributed by atoms with Crippen molar-refractivity contribution in [1.29, 1.82) is 0 Å². The summed E-state index contributed by atoms with van der Waals surface area (Å²) in [4.78, 5) is 29.1. The maximum atomic E-state index is 12.9. The second-order valence-electron chi connectivity index (χ2n) is 6.27. The van der Waals surface area contributed by atoms with Crippen LogP contribution in [0.15, 0.2) is 77.7 Å². The Morgan fingerprint density at radius 3 is 2.64 bits per heavy atom. The molecule has 2 heterocycles. The third kappa shape index (κ3) is 3.27. The predicted octanol–water partition coefficient (Wildman–Crippen LogP) is 3.29. The van der Waals surface area contributed by atoms with Crippen molar-refractivity contribution in [1.82, 2.24) is 14.8 Å². The van der Waals surface area contributed by atoms with Gasteiger partial charge in [0.1, 0.15) is 11.2 Å². The zero-order chi connectivity index (χ0) is 19.5. The molecule has 0 aliphatic rings. The highest BCUT2D eigenvalue weighted by atomic mass is 16.5. The molecule has 0 fully saturated rings. The zero-order valence-corrected chi connectivity index (χ0v) is 15.2. The number of hydrogen-bond donors (Lipinski definition) is 0. The van der Waals surface area contributed by atoms with Crippen LogP contribution in [0.4, 0.5) is 0 Å². The van der Waals surface area contributed by atoms with E-state index in [2.05, 4.69) is 10.1 Å². The van der Waals surface area contributed by atoms with E-state index in [0.29, 0.717) is 34.3 Å². The van der Waals surface area contributed by atoms with Gasteiger partial charge in [-0.05, 0) is 29.8 Å². The number of aromatic nitrogens is 3. The van der Waals surface area contributed by atoms with Crippen molar-refractivity contribution in [2.45, 2.75) is 6.54 Å². The van der Waals surface area contributed by atoms with E-state index >= 15 is 0 Å². The molecule has 0 saturated heterocycles. The molecular formula is C22H17N3O3. The zero-order valence-electron chi connectivity index (χ0n) is 15.2. The summed E-state index contributed by atoms with van der Waals surface area (Å²) in [6.07, 6.45) is 1.59. The molecule has 0 unspecified atom stereocenters. The molecule has 0 aliphatic carbocycles. The highest BCUT2D eigenvalue weighted by molar-refractivity contribution is 5.95. The standard InChI is InChI=1S/C22H17N3O3/c1-28-22(27)17-10-5-9-16(13-17)19-18-11-6-12-23-20(18)21(26)25(24-19)14-15-7-3-2-4-8-15/h2-13H,14H2,1H3. The van der Waals surface area contributed by atoms with Crippen LogP contribution in [0.2, 0.25) is 0 Å². The van der Waals surface area contributed by atoms with Crippen LogP contribution in [-0.2, 0) is 11.3 Å². The van der Waals surface area contributed by atoms with Gasteiger partial charge in [0.25, 0.3) is 5.56 Å². The van der Waals surface area contributed by atoms with Gasteiger partial charge in [-0.15, -0.1) is 0 Å². The third-order valence-corrected chi connectivity index (χ3v) is 4.45. The van der Waals surface area contributed by atoms with Gasteiger partial charge in [0.2, 0.25) is 0 Å². The predicted molar refractivity (Wildman–Crippen MR) is 106 cm³/mol. The number of carbonyl (C=O) groups is 1. The molecule has 0 atom stereocenters.